The minimum absolute atomic E-state index is 0.104. The van der Waals surface area contributed by atoms with Crippen LogP contribution < -0.4 is 5.73 Å². The maximum atomic E-state index is 11.1. The van der Waals surface area contributed by atoms with Gasteiger partial charge in [0, 0.05) is 6.04 Å². The van der Waals surface area contributed by atoms with E-state index in [1.807, 2.05) is 6.92 Å². The van der Waals surface area contributed by atoms with Crippen LogP contribution in [-0.4, -0.2) is 29.3 Å². The van der Waals surface area contributed by atoms with Crippen LogP contribution in [0.4, 0.5) is 0 Å². The molecule has 0 aliphatic heterocycles. The Labute approximate surface area is 84.4 Å². The van der Waals surface area contributed by atoms with Gasteiger partial charge in [-0.3, -0.25) is 0 Å². The van der Waals surface area contributed by atoms with Gasteiger partial charge in [0.15, 0.2) is 5.60 Å². The number of carboxylic acids is 1. The van der Waals surface area contributed by atoms with Crippen molar-refractivity contribution in [2.45, 2.75) is 50.7 Å². The number of aliphatic carboxylic acids is 1. The van der Waals surface area contributed by atoms with E-state index < -0.39 is 11.6 Å². The molecule has 1 rings (SSSR count). The van der Waals surface area contributed by atoms with Crippen molar-refractivity contribution < 1.29 is 14.6 Å². The lowest BCUT2D eigenvalue weighted by Crippen LogP contribution is -2.45. The van der Waals surface area contributed by atoms with Gasteiger partial charge in [-0.25, -0.2) is 4.79 Å². The molecule has 1 saturated carbocycles. The van der Waals surface area contributed by atoms with Gasteiger partial charge in [-0.05, 0) is 32.6 Å². The van der Waals surface area contributed by atoms with Gasteiger partial charge < -0.3 is 15.6 Å². The molecule has 0 aromatic heterocycles. The van der Waals surface area contributed by atoms with Crippen LogP contribution in [-0.2, 0) is 9.53 Å². The minimum Gasteiger partial charge on any atom is -0.479 e. The number of nitrogens with two attached hydrogens (primary N) is 1. The van der Waals surface area contributed by atoms with Gasteiger partial charge in [0.1, 0.15) is 0 Å². The quantitative estimate of drug-likeness (QED) is 0.715. The first-order chi connectivity index (χ1) is 6.57. The number of rotatable bonds is 4. The standard InChI is InChI=1S/C10H19NO3/c1-8(11)7-14-10(9(12)13)5-3-2-4-6-10/h8H,2-7,11H2,1H3,(H,12,13). The second-order valence-electron chi connectivity index (χ2n) is 4.15. The summed E-state index contributed by atoms with van der Waals surface area (Å²) in [6.07, 6.45) is 4.22. The van der Waals surface area contributed by atoms with Crippen LogP contribution in [0.15, 0.2) is 0 Å². The van der Waals surface area contributed by atoms with E-state index in [0.717, 1.165) is 19.3 Å². The molecule has 82 valence electrons. The molecule has 1 atom stereocenters. The fraction of sp³-hybridized carbons (Fsp3) is 0.900. The van der Waals surface area contributed by atoms with Crippen molar-refractivity contribution in [1.29, 1.82) is 0 Å². The molecule has 1 aliphatic rings. The molecule has 0 radical (unpaired) electrons. The number of carboxylic acid groups (broad SMARTS) is 1. The zero-order valence-corrected chi connectivity index (χ0v) is 8.66. The van der Waals surface area contributed by atoms with E-state index in [4.69, 9.17) is 15.6 Å². The summed E-state index contributed by atoms with van der Waals surface area (Å²) in [5.41, 5.74) is 4.60. The molecule has 0 heterocycles. The van der Waals surface area contributed by atoms with Gasteiger partial charge in [-0.2, -0.15) is 0 Å². The summed E-state index contributed by atoms with van der Waals surface area (Å²) in [6.45, 7) is 2.14. The summed E-state index contributed by atoms with van der Waals surface area (Å²) >= 11 is 0. The normalized spacial score (nSPS) is 23.0. The molecular weight excluding hydrogens is 182 g/mol. The Morgan fingerprint density at radius 1 is 1.50 bits per heavy atom. The summed E-state index contributed by atoms with van der Waals surface area (Å²) in [5, 5.41) is 9.14. The molecular formula is C10H19NO3. The van der Waals surface area contributed by atoms with Gasteiger partial charge in [0.05, 0.1) is 6.61 Å². The average molecular weight is 201 g/mol. The van der Waals surface area contributed by atoms with E-state index in [1.165, 1.54) is 0 Å². The second-order valence-corrected chi connectivity index (χ2v) is 4.15. The molecule has 1 unspecified atom stereocenters. The van der Waals surface area contributed by atoms with E-state index in [2.05, 4.69) is 0 Å². The number of hydrogen-bond acceptors (Lipinski definition) is 3. The topological polar surface area (TPSA) is 72.5 Å². The summed E-state index contributed by atoms with van der Waals surface area (Å²) in [5.74, 6) is -0.835. The van der Waals surface area contributed by atoms with Crippen molar-refractivity contribution >= 4 is 5.97 Å². The van der Waals surface area contributed by atoms with Crippen LogP contribution in [0.1, 0.15) is 39.0 Å². The number of ether oxygens (including phenoxy) is 1. The maximum absolute atomic E-state index is 11.1. The van der Waals surface area contributed by atoms with Crippen LogP contribution in [0.2, 0.25) is 0 Å². The molecule has 4 heteroatoms. The molecule has 1 aliphatic carbocycles. The lowest BCUT2D eigenvalue weighted by molar-refractivity contribution is -0.171. The van der Waals surface area contributed by atoms with E-state index in [1.54, 1.807) is 0 Å². The third-order valence-corrected chi connectivity index (χ3v) is 2.67. The molecule has 14 heavy (non-hydrogen) atoms. The Balaban J connectivity index is 2.56. The van der Waals surface area contributed by atoms with Crippen molar-refractivity contribution in [3.63, 3.8) is 0 Å². The molecule has 0 saturated heterocycles. The highest BCUT2D eigenvalue weighted by molar-refractivity contribution is 5.77. The fourth-order valence-electron chi connectivity index (χ4n) is 1.83. The average Bonchev–Trinajstić information content (AvgIpc) is 2.16. The lowest BCUT2D eigenvalue weighted by Gasteiger charge is -2.33. The van der Waals surface area contributed by atoms with E-state index in [0.29, 0.717) is 19.4 Å². The molecule has 0 aromatic rings. The van der Waals surface area contributed by atoms with Gasteiger partial charge in [-0.15, -0.1) is 0 Å². The Hall–Kier alpha value is -0.610. The fourth-order valence-corrected chi connectivity index (χ4v) is 1.83. The molecule has 0 aromatic carbocycles. The van der Waals surface area contributed by atoms with E-state index in [-0.39, 0.29) is 6.04 Å². The molecule has 1 fully saturated rings. The smallest absolute Gasteiger partial charge is 0.335 e. The highest BCUT2D eigenvalue weighted by Gasteiger charge is 2.40. The van der Waals surface area contributed by atoms with Crippen LogP contribution >= 0.6 is 0 Å². The van der Waals surface area contributed by atoms with E-state index >= 15 is 0 Å². The molecule has 0 spiro atoms. The predicted octanol–water partition coefficient (Wildman–Crippen LogP) is 1.14. The Kier molecular flexibility index (Phi) is 3.89. The zero-order valence-electron chi connectivity index (χ0n) is 8.66. The third kappa shape index (κ3) is 2.69. The SMILES string of the molecule is CC(N)COC1(C(=O)O)CCCCC1. The Morgan fingerprint density at radius 2 is 2.07 bits per heavy atom. The Bertz CT molecular complexity index is 198. The number of carbonyl (C=O) groups is 1. The van der Waals surface area contributed by atoms with Crippen molar-refractivity contribution in [2.24, 2.45) is 5.73 Å². The minimum atomic E-state index is -0.952. The molecule has 3 N–H and O–H groups in total. The largest absolute Gasteiger partial charge is 0.479 e. The molecule has 4 nitrogen and oxygen atoms in total. The summed E-state index contributed by atoms with van der Waals surface area (Å²) in [6, 6.07) is -0.104. The van der Waals surface area contributed by atoms with Crippen molar-refractivity contribution in [1.82, 2.24) is 0 Å². The van der Waals surface area contributed by atoms with Crippen molar-refractivity contribution in [2.75, 3.05) is 6.61 Å². The van der Waals surface area contributed by atoms with Gasteiger partial charge in [-0.1, -0.05) is 6.42 Å². The monoisotopic (exact) mass is 201 g/mol. The predicted molar refractivity (Wildman–Crippen MR) is 53.1 cm³/mol. The van der Waals surface area contributed by atoms with Crippen LogP contribution in [0.25, 0.3) is 0 Å². The summed E-state index contributed by atoms with van der Waals surface area (Å²) in [4.78, 5) is 11.1. The van der Waals surface area contributed by atoms with Gasteiger partial charge in [0.2, 0.25) is 0 Å². The van der Waals surface area contributed by atoms with Crippen LogP contribution in [0.5, 0.6) is 0 Å². The highest BCUT2D eigenvalue weighted by atomic mass is 16.5. The first-order valence-electron chi connectivity index (χ1n) is 5.20. The summed E-state index contributed by atoms with van der Waals surface area (Å²) < 4.78 is 5.47. The zero-order chi connectivity index (χ0) is 10.6. The van der Waals surface area contributed by atoms with Gasteiger partial charge >= 0.3 is 5.97 Å². The van der Waals surface area contributed by atoms with Crippen molar-refractivity contribution in [3.8, 4) is 0 Å². The highest BCUT2D eigenvalue weighted by Crippen LogP contribution is 2.31. The summed E-state index contributed by atoms with van der Waals surface area (Å²) in [7, 11) is 0. The molecule has 0 amide bonds. The second kappa shape index (κ2) is 4.75. The van der Waals surface area contributed by atoms with Crippen LogP contribution in [0.3, 0.4) is 0 Å². The molecule has 0 bridgehead atoms. The van der Waals surface area contributed by atoms with Crippen LogP contribution in [0, 0.1) is 0 Å². The lowest BCUT2D eigenvalue weighted by atomic mass is 9.84. The first kappa shape index (κ1) is 11.5. The van der Waals surface area contributed by atoms with Gasteiger partial charge in [0.25, 0.3) is 0 Å². The Morgan fingerprint density at radius 3 is 2.50 bits per heavy atom. The van der Waals surface area contributed by atoms with Crippen molar-refractivity contribution in [3.05, 3.63) is 0 Å². The first-order valence-corrected chi connectivity index (χ1v) is 5.20. The maximum Gasteiger partial charge on any atom is 0.335 e. The van der Waals surface area contributed by atoms with E-state index in [9.17, 15) is 4.79 Å². The third-order valence-electron chi connectivity index (χ3n) is 2.67. The number of hydrogen-bond donors (Lipinski definition) is 2.